The molecule has 2 aromatic rings. The van der Waals surface area contributed by atoms with Gasteiger partial charge in [0.05, 0.1) is 28.3 Å². The lowest BCUT2D eigenvalue weighted by molar-refractivity contribution is -0.125. The normalized spacial score (nSPS) is 11.7. The number of hydrogen-bond donors (Lipinski definition) is 2. The van der Waals surface area contributed by atoms with Gasteiger partial charge in [0.1, 0.15) is 0 Å². The van der Waals surface area contributed by atoms with E-state index in [9.17, 15) is 9.59 Å². The Hall–Kier alpha value is -1.99. The molecule has 0 fully saturated rings. The molecule has 0 bridgehead atoms. The van der Waals surface area contributed by atoms with Gasteiger partial charge in [0, 0.05) is 18.5 Å². The molecule has 1 aromatic heterocycles. The van der Waals surface area contributed by atoms with Crippen molar-refractivity contribution in [2.45, 2.75) is 39.7 Å². The molecule has 26 heavy (non-hydrogen) atoms. The Morgan fingerprint density at radius 3 is 2.50 bits per heavy atom. The zero-order valence-corrected chi connectivity index (χ0v) is 16.8. The molecule has 0 aliphatic carbocycles. The topological polar surface area (TPSA) is 74.3 Å². The Morgan fingerprint density at radius 1 is 1.15 bits per heavy atom. The number of fused-ring (bicyclic) bond motifs is 1. The molecule has 0 radical (unpaired) electrons. The van der Waals surface area contributed by atoms with Crippen molar-refractivity contribution in [2.75, 3.05) is 26.2 Å². The average Bonchev–Trinajstić information content (AvgIpc) is 2.95. The number of nitrogens with zero attached hydrogens (tertiary/aromatic N) is 2. The van der Waals surface area contributed by atoms with Crippen LogP contribution in [-0.4, -0.2) is 53.4 Å². The van der Waals surface area contributed by atoms with Crippen LogP contribution in [-0.2, 0) is 16.0 Å². The molecule has 0 aliphatic heterocycles. The van der Waals surface area contributed by atoms with Crippen molar-refractivity contribution in [3.63, 3.8) is 0 Å². The van der Waals surface area contributed by atoms with Crippen molar-refractivity contribution in [3.05, 3.63) is 29.3 Å². The Labute approximate surface area is 159 Å². The van der Waals surface area contributed by atoms with Crippen molar-refractivity contribution >= 4 is 33.4 Å². The monoisotopic (exact) mass is 376 g/mol. The van der Waals surface area contributed by atoms with E-state index in [0.717, 1.165) is 15.2 Å². The summed E-state index contributed by atoms with van der Waals surface area (Å²) in [4.78, 5) is 30.5. The summed E-state index contributed by atoms with van der Waals surface area (Å²) in [6.07, 6.45) is 0.710. The fourth-order valence-electron chi connectivity index (χ4n) is 2.54. The van der Waals surface area contributed by atoms with Crippen molar-refractivity contribution in [3.8, 4) is 0 Å². The van der Waals surface area contributed by atoms with E-state index in [1.165, 1.54) is 0 Å². The lowest BCUT2D eigenvalue weighted by atomic mass is 10.1. The van der Waals surface area contributed by atoms with E-state index >= 15 is 0 Å². The number of amides is 2. The Kier molecular flexibility index (Phi) is 7.11. The average molecular weight is 377 g/mol. The summed E-state index contributed by atoms with van der Waals surface area (Å²) in [5.74, 6) is -0.141. The Balaban J connectivity index is 1.75. The summed E-state index contributed by atoms with van der Waals surface area (Å²) in [7, 11) is 0. The third-order valence-corrected chi connectivity index (χ3v) is 4.79. The fraction of sp³-hybridized carbons (Fsp3) is 0.526. The van der Waals surface area contributed by atoms with E-state index in [-0.39, 0.29) is 30.4 Å². The molecule has 0 saturated carbocycles. The smallest absolute Gasteiger partial charge is 0.234 e. The minimum atomic E-state index is -0.268. The maximum absolute atomic E-state index is 12.1. The van der Waals surface area contributed by atoms with Gasteiger partial charge < -0.3 is 10.6 Å². The van der Waals surface area contributed by atoms with E-state index in [4.69, 9.17) is 0 Å². The second-order valence-corrected chi connectivity index (χ2v) is 8.39. The molecule has 1 aromatic carbocycles. The summed E-state index contributed by atoms with van der Waals surface area (Å²) in [5.41, 5.74) is 0.733. The van der Waals surface area contributed by atoms with Crippen LogP contribution in [0, 0.1) is 0 Å². The van der Waals surface area contributed by atoms with Gasteiger partial charge in [0.25, 0.3) is 0 Å². The van der Waals surface area contributed by atoms with Crippen molar-refractivity contribution in [1.29, 1.82) is 0 Å². The molecule has 0 spiro atoms. The third-order valence-electron chi connectivity index (χ3n) is 3.70. The number of carbonyl (C=O) groups is 2. The fourth-order valence-corrected chi connectivity index (χ4v) is 3.50. The SMILES string of the molecule is CCN(CC(=O)NCCc1nc2ccccc2s1)CC(=O)NC(C)(C)C. The van der Waals surface area contributed by atoms with Gasteiger partial charge in [-0.3, -0.25) is 14.5 Å². The van der Waals surface area contributed by atoms with Gasteiger partial charge in [0.2, 0.25) is 11.8 Å². The molecule has 0 unspecified atom stereocenters. The molecule has 2 rings (SSSR count). The quantitative estimate of drug-likeness (QED) is 0.741. The molecule has 1 heterocycles. The first-order valence-electron chi connectivity index (χ1n) is 8.91. The van der Waals surface area contributed by atoms with E-state index in [1.807, 2.05) is 50.8 Å². The minimum Gasteiger partial charge on any atom is -0.355 e. The zero-order chi connectivity index (χ0) is 19.2. The van der Waals surface area contributed by atoms with E-state index in [0.29, 0.717) is 19.5 Å². The Bertz CT molecular complexity index is 718. The predicted molar refractivity (Wildman–Crippen MR) is 106 cm³/mol. The molecule has 2 amide bonds. The molecule has 7 heteroatoms. The van der Waals surface area contributed by atoms with Gasteiger partial charge in [0.15, 0.2) is 0 Å². The molecule has 0 atom stereocenters. The van der Waals surface area contributed by atoms with Gasteiger partial charge in [-0.15, -0.1) is 11.3 Å². The highest BCUT2D eigenvalue weighted by Gasteiger charge is 2.17. The van der Waals surface area contributed by atoms with Crippen LogP contribution >= 0.6 is 11.3 Å². The first kappa shape index (κ1) is 20.3. The first-order chi connectivity index (χ1) is 12.3. The van der Waals surface area contributed by atoms with Crippen LogP contribution in [0.25, 0.3) is 10.2 Å². The molecular formula is C19H28N4O2S. The first-order valence-corrected chi connectivity index (χ1v) is 9.73. The summed E-state index contributed by atoms with van der Waals surface area (Å²) in [5, 5.41) is 6.85. The maximum atomic E-state index is 12.1. The van der Waals surface area contributed by atoms with Crippen LogP contribution in [0.5, 0.6) is 0 Å². The van der Waals surface area contributed by atoms with Crippen molar-refractivity contribution in [1.82, 2.24) is 20.5 Å². The second kappa shape index (κ2) is 9.09. The second-order valence-electron chi connectivity index (χ2n) is 7.28. The van der Waals surface area contributed by atoms with Crippen LogP contribution < -0.4 is 10.6 Å². The number of para-hydroxylation sites is 1. The van der Waals surface area contributed by atoms with Crippen molar-refractivity contribution in [2.24, 2.45) is 0 Å². The maximum Gasteiger partial charge on any atom is 0.234 e. The number of benzene rings is 1. The van der Waals surface area contributed by atoms with Gasteiger partial charge in [-0.25, -0.2) is 4.98 Å². The predicted octanol–water partition coefficient (Wildman–Crippen LogP) is 2.19. The van der Waals surface area contributed by atoms with E-state index < -0.39 is 0 Å². The molecule has 6 nitrogen and oxygen atoms in total. The highest BCUT2D eigenvalue weighted by molar-refractivity contribution is 7.18. The largest absolute Gasteiger partial charge is 0.355 e. The minimum absolute atomic E-state index is 0.0679. The lowest BCUT2D eigenvalue weighted by Crippen LogP contribution is -2.48. The summed E-state index contributed by atoms with van der Waals surface area (Å²) in [6.45, 7) is 9.39. The number of carbonyl (C=O) groups excluding carboxylic acids is 2. The molecule has 142 valence electrons. The number of nitrogens with one attached hydrogen (secondary N) is 2. The van der Waals surface area contributed by atoms with E-state index in [2.05, 4.69) is 21.7 Å². The highest BCUT2D eigenvalue weighted by atomic mass is 32.1. The lowest BCUT2D eigenvalue weighted by Gasteiger charge is -2.24. The number of hydrogen-bond acceptors (Lipinski definition) is 5. The zero-order valence-electron chi connectivity index (χ0n) is 16.0. The summed E-state index contributed by atoms with van der Waals surface area (Å²) >= 11 is 1.66. The number of rotatable bonds is 8. The van der Waals surface area contributed by atoms with Crippen LogP contribution in [0.15, 0.2) is 24.3 Å². The van der Waals surface area contributed by atoms with Crippen molar-refractivity contribution < 1.29 is 9.59 Å². The van der Waals surface area contributed by atoms with Crippen LogP contribution in [0.2, 0.25) is 0 Å². The number of thiazole rings is 1. The third kappa shape index (κ3) is 6.72. The van der Waals surface area contributed by atoms with Gasteiger partial charge in [-0.2, -0.15) is 0 Å². The van der Waals surface area contributed by atoms with Gasteiger partial charge >= 0.3 is 0 Å². The number of likely N-dealkylation sites (N-methyl/N-ethyl adjacent to an activating group) is 1. The van der Waals surface area contributed by atoms with E-state index in [1.54, 1.807) is 11.3 Å². The van der Waals surface area contributed by atoms with Crippen LogP contribution in [0.4, 0.5) is 0 Å². The van der Waals surface area contributed by atoms with Crippen LogP contribution in [0.1, 0.15) is 32.7 Å². The summed E-state index contributed by atoms with van der Waals surface area (Å²) in [6, 6.07) is 8.02. The van der Waals surface area contributed by atoms with Gasteiger partial charge in [-0.05, 0) is 39.4 Å². The molecule has 2 N–H and O–H groups in total. The summed E-state index contributed by atoms with van der Waals surface area (Å²) < 4.78 is 1.16. The van der Waals surface area contributed by atoms with Gasteiger partial charge in [-0.1, -0.05) is 19.1 Å². The molecule has 0 saturated heterocycles. The standard InChI is InChI=1S/C19H28N4O2S/c1-5-23(13-17(25)22-19(2,3)4)12-16(24)20-11-10-18-21-14-8-6-7-9-15(14)26-18/h6-9H,5,10-13H2,1-4H3,(H,20,24)(H,22,25). The molecule has 0 aliphatic rings. The number of aromatic nitrogens is 1. The van der Waals surface area contributed by atoms with Crippen LogP contribution in [0.3, 0.4) is 0 Å². The molecular weight excluding hydrogens is 348 g/mol. The Morgan fingerprint density at radius 2 is 1.85 bits per heavy atom. The highest BCUT2D eigenvalue weighted by Crippen LogP contribution is 2.21.